The lowest BCUT2D eigenvalue weighted by Crippen LogP contribution is -2.48. The summed E-state index contributed by atoms with van der Waals surface area (Å²) in [4.78, 5) is 28.5. The number of nitrogens with zero attached hydrogens (tertiary/aromatic N) is 2. The zero-order chi connectivity index (χ0) is 20.0. The molecule has 26 heavy (non-hydrogen) atoms. The Morgan fingerprint density at radius 3 is 2.23 bits per heavy atom. The Hall–Kier alpha value is -1.50. The van der Waals surface area contributed by atoms with Crippen molar-refractivity contribution in [1.82, 2.24) is 9.80 Å². The van der Waals surface area contributed by atoms with Crippen LogP contribution in [0.3, 0.4) is 0 Å². The standard InChI is InChI=1S/C19H37N3O4/c1-18(2,3)25-16(23)21(12-8-7-11-20)14-15-10-9-13-22(15)17(24)26-19(4,5)6/h15H,7-14,20H2,1-6H3. The van der Waals surface area contributed by atoms with Gasteiger partial charge in [-0.25, -0.2) is 9.59 Å². The number of nitrogens with two attached hydrogens (primary N) is 1. The quantitative estimate of drug-likeness (QED) is 0.724. The molecule has 1 aliphatic rings. The molecule has 0 aromatic heterocycles. The third-order valence-corrected chi connectivity index (χ3v) is 3.97. The minimum atomic E-state index is -0.552. The van der Waals surface area contributed by atoms with Gasteiger partial charge in [-0.2, -0.15) is 0 Å². The molecule has 152 valence electrons. The van der Waals surface area contributed by atoms with Crippen molar-refractivity contribution < 1.29 is 19.1 Å². The maximum Gasteiger partial charge on any atom is 0.410 e. The smallest absolute Gasteiger partial charge is 0.410 e. The van der Waals surface area contributed by atoms with E-state index in [-0.39, 0.29) is 18.2 Å². The van der Waals surface area contributed by atoms with Gasteiger partial charge in [0.25, 0.3) is 0 Å². The van der Waals surface area contributed by atoms with E-state index in [4.69, 9.17) is 15.2 Å². The van der Waals surface area contributed by atoms with Gasteiger partial charge in [0, 0.05) is 19.6 Å². The minimum Gasteiger partial charge on any atom is -0.444 e. The molecule has 1 atom stereocenters. The molecule has 1 heterocycles. The fraction of sp³-hybridized carbons (Fsp3) is 0.895. The maximum absolute atomic E-state index is 12.6. The van der Waals surface area contributed by atoms with E-state index >= 15 is 0 Å². The molecule has 1 fully saturated rings. The Morgan fingerprint density at radius 2 is 1.69 bits per heavy atom. The molecule has 2 amide bonds. The Bertz CT molecular complexity index is 468. The van der Waals surface area contributed by atoms with Crippen LogP contribution < -0.4 is 5.73 Å². The number of hydrogen-bond donors (Lipinski definition) is 1. The zero-order valence-electron chi connectivity index (χ0n) is 17.3. The Balaban J connectivity index is 2.77. The molecule has 0 bridgehead atoms. The highest BCUT2D eigenvalue weighted by Crippen LogP contribution is 2.22. The summed E-state index contributed by atoms with van der Waals surface area (Å²) in [7, 11) is 0. The van der Waals surface area contributed by atoms with E-state index in [0.29, 0.717) is 26.2 Å². The highest BCUT2D eigenvalue weighted by molar-refractivity contribution is 5.70. The summed E-state index contributed by atoms with van der Waals surface area (Å²) in [5, 5.41) is 0. The molecular formula is C19H37N3O4. The fourth-order valence-corrected chi connectivity index (χ4v) is 2.87. The number of carbonyl (C=O) groups excluding carboxylic acids is 2. The van der Waals surface area contributed by atoms with Crippen molar-refractivity contribution in [3.8, 4) is 0 Å². The first kappa shape index (κ1) is 22.5. The van der Waals surface area contributed by atoms with Crippen molar-refractivity contribution >= 4 is 12.2 Å². The molecule has 7 heteroatoms. The number of likely N-dealkylation sites (tertiary alicyclic amines) is 1. The third-order valence-electron chi connectivity index (χ3n) is 3.97. The largest absolute Gasteiger partial charge is 0.444 e. The summed E-state index contributed by atoms with van der Waals surface area (Å²) in [6.07, 6.45) is 2.77. The van der Waals surface area contributed by atoms with Gasteiger partial charge in [-0.15, -0.1) is 0 Å². The molecule has 7 nitrogen and oxygen atoms in total. The number of ether oxygens (including phenoxy) is 2. The lowest BCUT2D eigenvalue weighted by atomic mass is 10.2. The minimum absolute atomic E-state index is 0.0461. The average Bonchev–Trinajstić information content (AvgIpc) is 2.91. The van der Waals surface area contributed by atoms with Crippen LogP contribution in [-0.2, 0) is 9.47 Å². The summed E-state index contributed by atoms with van der Waals surface area (Å²) in [6.45, 7) is 13.4. The molecule has 1 aliphatic heterocycles. The molecule has 2 N–H and O–H groups in total. The molecular weight excluding hydrogens is 334 g/mol. The van der Waals surface area contributed by atoms with Gasteiger partial charge in [0.05, 0.1) is 6.04 Å². The second kappa shape index (κ2) is 9.44. The summed E-state index contributed by atoms with van der Waals surface area (Å²) >= 11 is 0. The predicted molar refractivity (Wildman–Crippen MR) is 102 cm³/mol. The van der Waals surface area contributed by atoms with Gasteiger partial charge < -0.3 is 25.0 Å². The van der Waals surface area contributed by atoms with Crippen LogP contribution in [0.2, 0.25) is 0 Å². The van der Waals surface area contributed by atoms with Crippen LogP contribution in [-0.4, -0.2) is 65.4 Å². The second-order valence-corrected chi connectivity index (χ2v) is 8.89. The monoisotopic (exact) mass is 371 g/mol. The summed E-state index contributed by atoms with van der Waals surface area (Å²) < 4.78 is 11.0. The van der Waals surface area contributed by atoms with E-state index in [1.807, 2.05) is 41.5 Å². The van der Waals surface area contributed by atoms with Crippen LogP contribution in [0.15, 0.2) is 0 Å². The second-order valence-electron chi connectivity index (χ2n) is 8.89. The van der Waals surface area contributed by atoms with Crippen LogP contribution in [0.4, 0.5) is 9.59 Å². The van der Waals surface area contributed by atoms with Crippen LogP contribution in [0, 0.1) is 0 Å². The lowest BCUT2D eigenvalue weighted by Gasteiger charge is -2.33. The number of rotatable bonds is 6. The molecule has 0 aliphatic carbocycles. The Morgan fingerprint density at radius 1 is 1.08 bits per heavy atom. The molecule has 0 aromatic carbocycles. The summed E-state index contributed by atoms with van der Waals surface area (Å²) in [5.41, 5.74) is 4.49. The van der Waals surface area contributed by atoms with E-state index in [0.717, 1.165) is 25.7 Å². The van der Waals surface area contributed by atoms with Gasteiger partial charge in [0.1, 0.15) is 11.2 Å². The number of hydrogen-bond acceptors (Lipinski definition) is 5. The van der Waals surface area contributed by atoms with Crippen molar-refractivity contribution in [3.63, 3.8) is 0 Å². The van der Waals surface area contributed by atoms with E-state index in [9.17, 15) is 9.59 Å². The predicted octanol–water partition coefficient (Wildman–Crippen LogP) is 3.36. The first-order chi connectivity index (χ1) is 11.9. The normalized spacial score (nSPS) is 18.0. The molecule has 0 aromatic rings. The number of amides is 2. The van der Waals surface area contributed by atoms with Crippen molar-refractivity contribution in [2.24, 2.45) is 5.73 Å². The maximum atomic E-state index is 12.6. The van der Waals surface area contributed by atoms with Crippen molar-refractivity contribution in [1.29, 1.82) is 0 Å². The topological polar surface area (TPSA) is 85.1 Å². The highest BCUT2D eigenvalue weighted by atomic mass is 16.6. The SMILES string of the molecule is CC(C)(C)OC(=O)N(CCCCN)CC1CCCN1C(=O)OC(C)(C)C. The molecule has 1 rings (SSSR count). The molecule has 1 unspecified atom stereocenters. The van der Waals surface area contributed by atoms with Gasteiger partial charge in [-0.05, 0) is 73.8 Å². The Labute approximate surface area is 158 Å². The van der Waals surface area contributed by atoms with E-state index in [2.05, 4.69) is 0 Å². The molecule has 0 radical (unpaired) electrons. The summed E-state index contributed by atoms with van der Waals surface area (Å²) in [5.74, 6) is 0. The first-order valence-corrected chi connectivity index (χ1v) is 9.60. The van der Waals surface area contributed by atoms with Gasteiger partial charge in [0.15, 0.2) is 0 Å². The molecule has 0 saturated carbocycles. The van der Waals surface area contributed by atoms with Crippen molar-refractivity contribution in [3.05, 3.63) is 0 Å². The highest BCUT2D eigenvalue weighted by Gasteiger charge is 2.35. The third kappa shape index (κ3) is 8.25. The van der Waals surface area contributed by atoms with Crippen LogP contribution >= 0.6 is 0 Å². The van der Waals surface area contributed by atoms with Crippen molar-refractivity contribution in [2.75, 3.05) is 26.2 Å². The van der Waals surface area contributed by atoms with Crippen LogP contribution in [0.25, 0.3) is 0 Å². The summed E-state index contributed by atoms with van der Waals surface area (Å²) in [6, 6.07) is -0.0461. The average molecular weight is 372 g/mol. The van der Waals surface area contributed by atoms with E-state index < -0.39 is 11.2 Å². The van der Waals surface area contributed by atoms with Gasteiger partial charge in [-0.3, -0.25) is 0 Å². The molecule has 0 spiro atoms. The van der Waals surface area contributed by atoms with Crippen LogP contribution in [0.1, 0.15) is 67.2 Å². The van der Waals surface area contributed by atoms with Gasteiger partial charge in [-0.1, -0.05) is 0 Å². The number of carbonyl (C=O) groups is 2. The fourth-order valence-electron chi connectivity index (χ4n) is 2.87. The van der Waals surface area contributed by atoms with Crippen molar-refractivity contribution in [2.45, 2.75) is 84.5 Å². The van der Waals surface area contributed by atoms with Gasteiger partial charge in [0.2, 0.25) is 0 Å². The van der Waals surface area contributed by atoms with Gasteiger partial charge >= 0.3 is 12.2 Å². The number of unbranched alkanes of at least 4 members (excludes halogenated alkanes) is 1. The first-order valence-electron chi connectivity index (χ1n) is 9.60. The lowest BCUT2D eigenvalue weighted by molar-refractivity contribution is 0.00863. The van der Waals surface area contributed by atoms with E-state index in [1.54, 1.807) is 9.80 Å². The molecule has 1 saturated heterocycles. The van der Waals surface area contributed by atoms with Crippen LogP contribution in [0.5, 0.6) is 0 Å². The Kier molecular flexibility index (Phi) is 8.18. The zero-order valence-corrected chi connectivity index (χ0v) is 17.3. The van der Waals surface area contributed by atoms with E-state index in [1.165, 1.54) is 0 Å².